The molecule has 6 heteroatoms. The fourth-order valence-corrected chi connectivity index (χ4v) is 8.79. The average molecular weight is 464 g/mol. The van der Waals surface area contributed by atoms with Gasteiger partial charge in [0.05, 0.1) is 11.9 Å². The van der Waals surface area contributed by atoms with Gasteiger partial charge in [-0.05, 0) is 50.0 Å². The SMILES string of the molecule is C=C[C@]1(C)C[C@@H](OC(=O)CSC2CN(C)C2)[C@]2(C)C(C)CC[C@]3(CCC(=O)C32)[C@@H](C)[C@@H]1O. The Labute approximate surface area is 197 Å². The lowest BCUT2D eigenvalue weighted by molar-refractivity contribution is -0.205. The lowest BCUT2D eigenvalue weighted by atomic mass is 9.44. The summed E-state index contributed by atoms with van der Waals surface area (Å²) < 4.78 is 6.28. The average Bonchev–Trinajstić information content (AvgIpc) is 3.09. The minimum absolute atomic E-state index is 0.00316. The zero-order valence-corrected chi connectivity index (χ0v) is 21.2. The second-order valence-corrected chi connectivity index (χ2v) is 13.0. The van der Waals surface area contributed by atoms with Crippen molar-refractivity contribution < 1.29 is 19.4 Å². The molecule has 0 aromatic carbocycles. The third-order valence-corrected chi connectivity index (χ3v) is 11.2. The molecule has 1 heterocycles. The summed E-state index contributed by atoms with van der Waals surface area (Å²) in [6.07, 6.45) is 4.68. The third kappa shape index (κ3) is 3.60. The van der Waals surface area contributed by atoms with Crippen molar-refractivity contribution in [2.75, 3.05) is 25.9 Å². The summed E-state index contributed by atoms with van der Waals surface area (Å²) in [5, 5.41) is 12.0. The van der Waals surface area contributed by atoms with Gasteiger partial charge in [-0.25, -0.2) is 0 Å². The van der Waals surface area contributed by atoms with E-state index in [9.17, 15) is 14.7 Å². The molecule has 3 aliphatic carbocycles. The Morgan fingerprint density at radius 2 is 2.00 bits per heavy atom. The van der Waals surface area contributed by atoms with Crippen LogP contribution in [-0.2, 0) is 14.3 Å². The number of Topliss-reactive ketones (excluding diaryl/α,β-unsaturated/α-hetero) is 1. The second kappa shape index (κ2) is 8.42. The number of hydrogen-bond acceptors (Lipinski definition) is 6. The molecule has 4 aliphatic rings. The summed E-state index contributed by atoms with van der Waals surface area (Å²) in [7, 11) is 2.09. The summed E-state index contributed by atoms with van der Waals surface area (Å²) in [6.45, 7) is 14.7. The van der Waals surface area contributed by atoms with Gasteiger partial charge in [0.15, 0.2) is 0 Å². The molecule has 0 amide bonds. The number of ketones is 1. The monoisotopic (exact) mass is 463 g/mol. The minimum Gasteiger partial charge on any atom is -0.461 e. The van der Waals surface area contributed by atoms with E-state index < -0.39 is 23.0 Å². The highest BCUT2D eigenvalue weighted by Crippen LogP contribution is 2.68. The van der Waals surface area contributed by atoms with Gasteiger partial charge in [-0.2, -0.15) is 0 Å². The van der Waals surface area contributed by atoms with Crippen LogP contribution in [0.25, 0.3) is 0 Å². The van der Waals surface area contributed by atoms with Gasteiger partial charge in [-0.3, -0.25) is 9.59 Å². The molecule has 5 nitrogen and oxygen atoms in total. The zero-order valence-electron chi connectivity index (χ0n) is 20.4. The lowest BCUT2D eigenvalue weighted by Gasteiger charge is -2.61. The van der Waals surface area contributed by atoms with Crippen LogP contribution in [-0.4, -0.2) is 65.1 Å². The van der Waals surface area contributed by atoms with Gasteiger partial charge in [-0.1, -0.05) is 33.8 Å². The number of carbonyl (C=O) groups is 2. The maximum absolute atomic E-state index is 13.4. The van der Waals surface area contributed by atoms with E-state index in [1.165, 1.54) is 0 Å². The van der Waals surface area contributed by atoms with Crippen molar-refractivity contribution >= 4 is 23.5 Å². The third-order valence-electron chi connectivity index (χ3n) is 10.0. The predicted octanol–water partition coefficient (Wildman–Crippen LogP) is 3.94. The molecule has 1 saturated heterocycles. The summed E-state index contributed by atoms with van der Waals surface area (Å²) in [6, 6.07) is 0. The van der Waals surface area contributed by atoms with E-state index in [0.717, 1.165) is 32.4 Å². The molecule has 1 N–H and O–H groups in total. The number of nitrogens with zero attached hydrogens (tertiary/aromatic N) is 1. The van der Waals surface area contributed by atoms with E-state index in [2.05, 4.69) is 39.3 Å². The largest absolute Gasteiger partial charge is 0.461 e. The number of rotatable bonds is 5. The molecule has 8 atom stereocenters. The van der Waals surface area contributed by atoms with E-state index in [4.69, 9.17) is 4.74 Å². The highest BCUT2D eigenvalue weighted by atomic mass is 32.2. The minimum atomic E-state index is -0.618. The van der Waals surface area contributed by atoms with Gasteiger partial charge in [-0.15, -0.1) is 18.3 Å². The first kappa shape index (κ1) is 24.3. The summed E-state index contributed by atoms with van der Waals surface area (Å²) in [4.78, 5) is 28.7. The van der Waals surface area contributed by atoms with Gasteiger partial charge in [0, 0.05) is 41.5 Å². The Morgan fingerprint density at radius 3 is 2.62 bits per heavy atom. The summed E-state index contributed by atoms with van der Waals surface area (Å²) >= 11 is 1.67. The number of aliphatic hydroxyl groups excluding tert-OH is 1. The van der Waals surface area contributed by atoms with Gasteiger partial charge < -0.3 is 14.7 Å². The van der Waals surface area contributed by atoms with Gasteiger partial charge in [0.2, 0.25) is 0 Å². The number of ether oxygens (including phenoxy) is 1. The molecule has 4 fully saturated rings. The van der Waals surface area contributed by atoms with Gasteiger partial charge >= 0.3 is 5.97 Å². The number of hydrogen-bond donors (Lipinski definition) is 1. The van der Waals surface area contributed by atoms with Crippen molar-refractivity contribution in [2.45, 2.75) is 77.3 Å². The highest BCUT2D eigenvalue weighted by molar-refractivity contribution is 8.00. The number of likely N-dealkylation sites (tertiary alicyclic amines) is 1. The molecule has 32 heavy (non-hydrogen) atoms. The van der Waals surface area contributed by atoms with E-state index >= 15 is 0 Å². The fraction of sp³-hybridized carbons (Fsp3) is 0.846. The number of aliphatic hydroxyl groups is 1. The molecular weight excluding hydrogens is 422 g/mol. The standard InChI is InChI=1S/C26H41NO4S/c1-7-24(4)12-20(31-21(29)15-32-18-13-27(6)14-18)25(5)16(2)8-10-26(17(3)23(24)30)11-9-19(28)22(25)26/h7,16-18,20,22-23,30H,1,8-15H2,2-6H3/t16?,17-,20+,22?,23-,24+,25-,26-/m0/s1. The fourth-order valence-electron chi connectivity index (χ4n) is 7.63. The van der Waals surface area contributed by atoms with Crippen LogP contribution in [0.5, 0.6) is 0 Å². The maximum atomic E-state index is 13.4. The van der Waals surface area contributed by atoms with E-state index in [1.54, 1.807) is 11.8 Å². The zero-order chi connectivity index (χ0) is 23.5. The van der Waals surface area contributed by atoms with Crippen molar-refractivity contribution in [1.29, 1.82) is 0 Å². The van der Waals surface area contributed by atoms with E-state index in [-0.39, 0.29) is 29.1 Å². The van der Waals surface area contributed by atoms with Crippen molar-refractivity contribution in [2.24, 2.45) is 34.0 Å². The molecule has 2 unspecified atom stereocenters. The molecule has 3 saturated carbocycles. The van der Waals surface area contributed by atoms with E-state index in [0.29, 0.717) is 29.6 Å². The number of carbonyl (C=O) groups excluding carboxylic acids is 2. The van der Waals surface area contributed by atoms with Gasteiger partial charge in [0.1, 0.15) is 11.9 Å². The molecular formula is C26H41NO4S. The van der Waals surface area contributed by atoms with E-state index in [1.807, 2.05) is 13.0 Å². The molecule has 2 bridgehead atoms. The molecule has 1 aliphatic heterocycles. The number of thioether (sulfide) groups is 1. The Balaban J connectivity index is 1.67. The summed E-state index contributed by atoms with van der Waals surface area (Å²) in [5.41, 5.74) is -1.23. The first-order chi connectivity index (χ1) is 15.0. The normalized spacial score (nSPS) is 47.2. The molecule has 0 aromatic heterocycles. The van der Waals surface area contributed by atoms with Crippen LogP contribution in [0.15, 0.2) is 12.7 Å². The van der Waals surface area contributed by atoms with Crippen LogP contribution in [0.4, 0.5) is 0 Å². The van der Waals surface area contributed by atoms with Crippen LogP contribution >= 0.6 is 11.8 Å². The van der Waals surface area contributed by atoms with Crippen LogP contribution in [0, 0.1) is 34.0 Å². The predicted molar refractivity (Wildman–Crippen MR) is 128 cm³/mol. The Bertz CT molecular complexity index is 782. The van der Waals surface area contributed by atoms with Crippen molar-refractivity contribution in [3.63, 3.8) is 0 Å². The second-order valence-electron chi connectivity index (χ2n) is 11.7. The quantitative estimate of drug-likeness (QED) is 0.492. The highest BCUT2D eigenvalue weighted by Gasteiger charge is 2.68. The molecule has 0 radical (unpaired) electrons. The van der Waals surface area contributed by atoms with Crippen molar-refractivity contribution in [3.8, 4) is 0 Å². The first-order valence-corrected chi connectivity index (χ1v) is 13.4. The summed E-state index contributed by atoms with van der Waals surface area (Å²) in [5.74, 6) is 0.546. The molecule has 180 valence electrons. The van der Waals surface area contributed by atoms with Gasteiger partial charge in [0.25, 0.3) is 0 Å². The van der Waals surface area contributed by atoms with Crippen LogP contribution in [0.2, 0.25) is 0 Å². The van der Waals surface area contributed by atoms with Crippen LogP contribution in [0.3, 0.4) is 0 Å². The molecule has 0 aromatic rings. The molecule has 4 rings (SSSR count). The van der Waals surface area contributed by atoms with Crippen molar-refractivity contribution in [3.05, 3.63) is 12.7 Å². The Morgan fingerprint density at radius 1 is 1.31 bits per heavy atom. The maximum Gasteiger partial charge on any atom is 0.316 e. The van der Waals surface area contributed by atoms with Crippen LogP contribution < -0.4 is 0 Å². The first-order valence-electron chi connectivity index (χ1n) is 12.3. The lowest BCUT2D eigenvalue weighted by Crippen LogP contribution is -2.63. The molecule has 0 spiro atoms. The van der Waals surface area contributed by atoms with Crippen molar-refractivity contribution in [1.82, 2.24) is 4.90 Å². The Kier molecular flexibility index (Phi) is 6.39. The number of esters is 1. The van der Waals surface area contributed by atoms with Crippen LogP contribution in [0.1, 0.15) is 59.8 Å². The smallest absolute Gasteiger partial charge is 0.316 e. The Hall–Kier alpha value is -0.850. The topological polar surface area (TPSA) is 66.8 Å².